The minimum absolute atomic E-state index is 0.170. The number of hydrogen-bond donors (Lipinski definition) is 0. The molecule has 0 aliphatic rings. The Hall–Kier alpha value is -1.98. The van der Waals surface area contributed by atoms with Crippen molar-refractivity contribution >= 4 is 11.5 Å². The van der Waals surface area contributed by atoms with Crippen molar-refractivity contribution in [3.63, 3.8) is 0 Å². The molecule has 7 heteroatoms. The van der Waals surface area contributed by atoms with Gasteiger partial charge in [-0.3, -0.25) is 0 Å². The lowest BCUT2D eigenvalue weighted by molar-refractivity contribution is 0.627. The summed E-state index contributed by atoms with van der Waals surface area (Å²) in [5.41, 5.74) is 10.2. The standard InChI is InChI=1S/C9H6FN5S/c10-7-2-1-6(4-12-14-11)8(3-7)9-5-16-15-13-9/h1-3,5H,4H2. The van der Waals surface area contributed by atoms with Gasteiger partial charge < -0.3 is 0 Å². The summed E-state index contributed by atoms with van der Waals surface area (Å²) in [6.07, 6.45) is 0. The van der Waals surface area contributed by atoms with Gasteiger partial charge in [0.1, 0.15) is 11.5 Å². The molecule has 0 spiro atoms. The molecule has 2 rings (SSSR count). The molecule has 0 bridgehead atoms. The topological polar surface area (TPSA) is 74.5 Å². The fourth-order valence-electron chi connectivity index (χ4n) is 1.31. The minimum atomic E-state index is -0.354. The van der Waals surface area contributed by atoms with Gasteiger partial charge in [-0.05, 0) is 34.8 Å². The number of nitrogens with zero attached hydrogens (tertiary/aromatic N) is 5. The predicted octanol–water partition coefficient (Wildman–Crippen LogP) is 3.15. The Labute approximate surface area is 94.3 Å². The minimum Gasteiger partial charge on any atom is -0.207 e. The van der Waals surface area contributed by atoms with Crippen LogP contribution in [0.3, 0.4) is 0 Å². The van der Waals surface area contributed by atoms with Crippen molar-refractivity contribution in [1.82, 2.24) is 9.59 Å². The number of benzene rings is 1. The van der Waals surface area contributed by atoms with E-state index in [0.717, 1.165) is 5.56 Å². The largest absolute Gasteiger partial charge is 0.207 e. The number of halogens is 1. The van der Waals surface area contributed by atoms with E-state index in [2.05, 4.69) is 19.6 Å². The van der Waals surface area contributed by atoms with Gasteiger partial charge in [0.25, 0.3) is 0 Å². The van der Waals surface area contributed by atoms with Crippen LogP contribution in [0, 0.1) is 5.82 Å². The van der Waals surface area contributed by atoms with Crippen LogP contribution in [0.5, 0.6) is 0 Å². The lowest BCUT2D eigenvalue weighted by Crippen LogP contribution is -1.90. The van der Waals surface area contributed by atoms with Crippen LogP contribution in [0.4, 0.5) is 4.39 Å². The van der Waals surface area contributed by atoms with Crippen molar-refractivity contribution < 1.29 is 4.39 Å². The molecule has 0 saturated heterocycles. The summed E-state index contributed by atoms with van der Waals surface area (Å²) in [6.45, 7) is 0.170. The summed E-state index contributed by atoms with van der Waals surface area (Å²) in [5.74, 6) is -0.354. The first-order chi connectivity index (χ1) is 7.81. The zero-order chi connectivity index (χ0) is 11.4. The lowest BCUT2D eigenvalue weighted by atomic mass is 10.1. The van der Waals surface area contributed by atoms with Gasteiger partial charge in [-0.2, -0.15) is 0 Å². The molecule has 80 valence electrons. The maximum Gasteiger partial charge on any atom is 0.123 e. The third-order valence-corrected chi connectivity index (χ3v) is 2.52. The molecule has 0 N–H and O–H groups in total. The zero-order valence-corrected chi connectivity index (χ0v) is 8.86. The Morgan fingerprint density at radius 2 is 2.38 bits per heavy atom. The van der Waals surface area contributed by atoms with E-state index in [9.17, 15) is 4.39 Å². The monoisotopic (exact) mass is 235 g/mol. The summed E-state index contributed by atoms with van der Waals surface area (Å²) in [5, 5.41) is 9.04. The number of azide groups is 1. The lowest BCUT2D eigenvalue weighted by Gasteiger charge is -2.03. The molecule has 0 amide bonds. The fourth-order valence-corrected chi connectivity index (χ4v) is 1.77. The maximum atomic E-state index is 13.1. The van der Waals surface area contributed by atoms with Crippen LogP contribution in [0.25, 0.3) is 21.7 Å². The molecule has 0 fully saturated rings. The molecule has 0 aliphatic heterocycles. The summed E-state index contributed by atoms with van der Waals surface area (Å²) in [6, 6.07) is 4.27. The van der Waals surface area contributed by atoms with E-state index in [1.165, 1.54) is 23.7 Å². The third-order valence-electron chi connectivity index (χ3n) is 2.01. The van der Waals surface area contributed by atoms with Crippen LogP contribution >= 0.6 is 11.5 Å². The van der Waals surface area contributed by atoms with Gasteiger partial charge in [0.15, 0.2) is 0 Å². The van der Waals surface area contributed by atoms with Gasteiger partial charge in [0, 0.05) is 15.9 Å². The molecule has 0 unspecified atom stereocenters. The molecule has 5 nitrogen and oxygen atoms in total. The van der Waals surface area contributed by atoms with Crippen molar-refractivity contribution in [3.8, 4) is 11.3 Å². The normalized spacial score (nSPS) is 9.81. The van der Waals surface area contributed by atoms with Crippen molar-refractivity contribution in [2.75, 3.05) is 0 Å². The van der Waals surface area contributed by atoms with Crippen LogP contribution in [0.15, 0.2) is 28.7 Å². The molecule has 0 radical (unpaired) electrons. The van der Waals surface area contributed by atoms with E-state index in [0.29, 0.717) is 11.3 Å². The van der Waals surface area contributed by atoms with Crippen LogP contribution in [-0.2, 0) is 6.54 Å². The molecular weight excluding hydrogens is 229 g/mol. The van der Waals surface area contributed by atoms with Crippen LogP contribution in [0.2, 0.25) is 0 Å². The van der Waals surface area contributed by atoms with Crippen molar-refractivity contribution in [2.45, 2.75) is 6.54 Å². The molecule has 1 aromatic carbocycles. The highest BCUT2D eigenvalue weighted by Crippen LogP contribution is 2.24. The number of aromatic nitrogens is 2. The highest BCUT2D eigenvalue weighted by atomic mass is 32.1. The first kappa shape index (κ1) is 10.5. The average Bonchev–Trinajstić information content (AvgIpc) is 2.80. The zero-order valence-electron chi connectivity index (χ0n) is 8.04. The molecule has 0 saturated carbocycles. The Morgan fingerprint density at radius 1 is 1.50 bits per heavy atom. The quantitative estimate of drug-likeness (QED) is 0.465. The van der Waals surface area contributed by atoms with Crippen LogP contribution in [-0.4, -0.2) is 9.59 Å². The molecule has 1 heterocycles. The predicted molar refractivity (Wildman–Crippen MR) is 58.2 cm³/mol. The summed E-state index contributed by atoms with van der Waals surface area (Å²) in [7, 11) is 0. The van der Waals surface area contributed by atoms with E-state index < -0.39 is 0 Å². The third kappa shape index (κ3) is 2.16. The van der Waals surface area contributed by atoms with Gasteiger partial charge in [0.05, 0.1) is 6.54 Å². The molecule has 1 aromatic heterocycles. The van der Waals surface area contributed by atoms with E-state index in [-0.39, 0.29) is 12.4 Å². The Kier molecular flexibility index (Phi) is 3.09. The molecular formula is C9H6FN5S. The molecule has 2 aromatic rings. The fraction of sp³-hybridized carbons (Fsp3) is 0.111. The second-order valence-corrected chi connectivity index (χ2v) is 3.59. The van der Waals surface area contributed by atoms with E-state index in [1.54, 1.807) is 11.4 Å². The van der Waals surface area contributed by atoms with Gasteiger partial charge in [-0.15, -0.1) is 5.10 Å². The first-order valence-electron chi connectivity index (χ1n) is 4.38. The number of hydrogen-bond acceptors (Lipinski definition) is 4. The molecule has 0 atom stereocenters. The summed E-state index contributed by atoms with van der Waals surface area (Å²) in [4.78, 5) is 2.67. The Balaban J connectivity index is 2.48. The first-order valence-corrected chi connectivity index (χ1v) is 5.21. The van der Waals surface area contributed by atoms with Crippen molar-refractivity contribution in [3.05, 3.63) is 45.4 Å². The van der Waals surface area contributed by atoms with Crippen LogP contribution in [0.1, 0.15) is 5.56 Å². The second-order valence-electron chi connectivity index (χ2n) is 2.98. The Morgan fingerprint density at radius 3 is 3.06 bits per heavy atom. The average molecular weight is 235 g/mol. The second kappa shape index (κ2) is 4.69. The van der Waals surface area contributed by atoms with Crippen molar-refractivity contribution in [2.24, 2.45) is 5.11 Å². The van der Waals surface area contributed by atoms with Gasteiger partial charge in [-0.1, -0.05) is 15.7 Å². The molecule has 0 aliphatic carbocycles. The van der Waals surface area contributed by atoms with Crippen LogP contribution < -0.4 is 0 Å². The van der Waals surface area contributed by atoms with E-state index in [1.807, 2.05) is 0 Å². The Bertz CT molecular complexity index is 533. The SMILES string of the molecule is [N-]=[N+]=NCc1ccc(F)cc1-c1csnn1. The highest BCUT2D eigenvalue weighted by molar-refractivity contribution is 7.03. The molecule has 16 heavy (non-hydrogen) atoms. The van der Waals surface area contributed by atoms with E-state index in [4.69, 9.17) is 5.53 Å². The highest BCUT2D eigenvalue weighted by Gasteiger charge is 2.08. The number of rotatable bonds is 3. The maximum absolute atomic E-state index is 13.1. The summed E-state index contributed by atoms with van der Waals surface area (Å²) >= 11 is 1.19. The van der Waals surface area contributed by atoms with Gasteiger partial charge >= 0.3 is 0 Å². The smallest absolute Gasteiger partial charge is 0.123 e. The van der Waals surface area contributed by atoms with Crippen molar-refractivity contribution in [1.29, 1.82) is 0 Å². The van der Waals surface area contributed by atoms with Gasteiger partial charge in [0.2, 0.25) is 0 Å². The van der Waals surface area contributed by atoms with E-state index >= 15 is 0 Å². The van der Waals surface area contributed by atoms with Gasteiger partial charge in [-0.25, -0.2) is 4.39 Å². The summed E-state index contributed by atoms with van der Waals surface area (Å²) < 4.78 is 16.8.